The predicted molar refractivity (Wildman–Crippen MR) is 336 cm³/mol. The molecule has 0 spiro atoms. The Morgan fingerprint density at radius 1 is 0.256 bits per heavy atom. The summed E-state index contributed by atoms with van der Waals surface area (Å²) in [5, 5.41) is 8.59. The summed E-state index contributed by atoms with van der Waals surface area (Å²) in [5.41, 5.74) is 21.1. The van der Waals surface area contributed by atoms with Crippen molar-refractivity contribution in [2.45, 2.75) is 0 Å². The molecule has 0 aliphatic carbocycles. The second kappa shape index (κ2) is 18.2. The maximum atomic E-state index is 6.95. The molecule has 0 N–H and O–H groups in total. The van der Waals surface area contributed by atoms with E-state index < -0.39 is 0 Å². The number of rotatable bonds is 8. The van der Waals surface area contributed by atoms with Gasteiger partial charge in [-0.05, 0) is 112 Å². The molecule has 0 saturated heterocycles. The zero-order valence-electron chi connectivity index (χ0n) is 44.0. The van der Waals surface area contributed by atoms with E-state index >= 15 is 0 Å². The van der Waals surface area contributed by atoms with E-state index in [-0.39, 0.29) is 0 Å². The molecule has 12 aromatic carbocycles. The molecule has 0 amide bonds. The van der Waals surface area contributed by atoms with Gasteiger partial charge in [0.1, 0.15) is 33.5 Å². The quantitative estimate of drug-likeness (QED) is 0.152. The molecule has 17 rings (SSSR count). The first-order chi connectivity index (χ1) is 40.6. The van der Waals surface area contributed by atoms with Crippen LogP contribution in [0.15, 0.2) is 286 Å². The van der Waals surface area contributed by atoms with Crippen LogP contribution in [0.4, 0.5) is 0 Å². The minimum Gasteiger partial charge on any atom is -0.456 e. The number of fused-ring (bicyclic) bond motifs is 13. The third kappa shape index (κ3) is 7.21. The molecule has 0 saturated carbocycles. The molecule has 0 radical (unpaired) electrons. The Hall–Kier alpha value is -11.1. The van der Waals surface area contributed by atoms with E-state index in [0.29, 0.717) is 5.82 Å². The minimum absolute atomic E-state index is 0.642. The van der Waals surface area contributed by atoms with E-state index in [1.807, 2.05) is 54.6 Å². The lowest BCUT2D eigenvalue weighted by Crippen LogP contribution is -2.04. The fourth-order valence-corrected chi connectivity index (χ4v) is 12.7. The smallest absolute Gasteiger partial charge is 0.160 e. The van der Waals surface area contributed by atoms with Crippen LogP contribution in [0.3, 0.4) is 0 Å². The van der Waals surface area contributed by atoms with E-state index in [9.17, 15) is 0 Å². The summed E-state index contributed by atoms with van der Waals surface area (Å²) in [6, 6.07) is 96.7. The molecule has 0 unspecified atom stereocenters. The van der Waals surface area contributed by atoms with E-state index in [1.54, 1.807) is 0 Å². The van der Waals surface area contributed by atoms with E-state index in [0.717, 1.165) is 166 Å². The highest BCUT2D eigenvalue weighted by Crippen LogP contribution is 2.50. The van der Waals surface area contributed by atoms with Crippen molar-refractivity contribution in [3.8, 4) is 84.1 Å². The molecule has 0 aliphatic rings. The largest absolute Gasteiger partial charge is 0.456 e. The number of hydrogen-bond donors (Lipinski definition) is 0. The van der Waals surface area contributed by atoms with Gasteiger partial charge in [-0.3, -0.25) is 0 Å². The third-order valence-corrected chi connectivity index (χ3v) is 16.4. The van der Waals surface area contributed by atoms with Crippen LogP contribution >= 0.6 is 0 Å². The molecule has 82 heavy (non-hydrogen) atoms. The summed E-state index contributed by atoms with van der Waals surface area (Å²) in [5.74, 6) is 0.642. The van der Waals surface area contributed by atoms with Gasteiger partial charge in [-0.25, -0.2) is 9.97 Å². The molecule has 5 heterocycles. The Bertz CT molecular complexity index is 5180. The summed E-state index contributed by atoms with van der Waals surface area (Å²) >= 11 is 0. The van der Waals surface area contributed by atoms with Gasteiger partial charge in [0.15, 0.2) is 5.82 Å². The lowest BCUT2D eigenvalue weighted by atomic mass is 9.86. The predicted octanol–water partition coefficient (Wildman–Crippen LogP) is 20.9. The molecule has 0 bridgehead atoms. The summed E-state index contributed by atoms with van der Waals surface area (Å²) in [6.07, 6.45) is 0. The van der Waals surface area contributed by atoms with E-state index in [1.165, 1.54) is 0 Å². The number of furan rings is 3. The molecular formula is C76H45N3O3. The maximum Gasteiger partial charge on any atom is 0.160 e. The first kappa shape index (κ1) is 45.9. The van der Waals surface area contributed by atoms with Crippen LogP contribution in [0.1, 0.15) is 0 Å². The molecule has 5 aromatic heterocycles. The summed E-state index contributed by atoms with van der Waals surface area (Å²) < 4.78 is 22.3. The molecule has 0 atom stereocenters. The Kier molecular flexibility index (Phi) is 10.2. The van der Waals surface area contributed by atoms with Crippen LogP contribution in [-0.4, -0.2) is 14.5 Å². The highest BCUT2D eigenvalue weighted by atomic mass is 16.3. The normalized spacial score (nSPS) is 11.9. The number of hydrogen-bond acceptors (Lipinski definition) is 5. The molecular weight excluding hydrogens is 1000 g/mol. The lowest BCUT2D eigenvalue weighted by molar-refractivity contribution is 0.668. The van der Waals surface area contributed by atoms with Crippen molar-refractivity contribution in [2.24, 2.45) is 0 Å². The molecule has 0 fully saturated rings. The highest BCUT2D eigenvalue weighted by molar-refractivity contribution is 6.24. The highest BCUT2D eigenvalue weighted by Gasteiger charge is 2.27. The average Bonchev–Trinajstić information content (AvgIpc) is 3.15. The van der Waals surface area contributed by atoms with Crippen molar-refractivity contribution in [3.05, 3.63) is 273 Å². The fraction of sp³-hybridized carbons (Fsp3) is 0. The second-order valence-corrected chi connectivity index (χ2v) is 21.1. The number of para-hydroxylation sites is 4. The SMILES string of the molecule is c1ccc(-c2cc(-c3cc(-c4ccccc4-c4ccc5oc6ccccc6c5c4)c(-n4c5ccccc5c5c6oc7ccccc7c6ccc54)c(-c4ccccc4-c4ccc5oc6ccccc6c5c4)c3)nc(-c3ccccc3)n2)cc1. The van der Waals surface area contributed by atoms with E-state index in [2.05, 4.69) is 223 Å². The summed E-state index contributed by atoms with van der Waals surface area (Å²) in [4.78, 5) is 10.8. The van der Waals surface area contributed by atoms with Crippen molar-refractivity contribution < 1.29 is 13.3 Å². The van der Waals surface area contributed by atoms with Crippen molar-refractivity contribution in [2.75, 3.05) is 0 Å². The summed E-state index contributed by atoms with van der Waals surface area (Å²) in [6.45, 7) is 0. The van der Waals surface area contributed by atoms with Crippen molar-refractivity contribution in [3.63, 3.8) is 0 Å². The zero-order valence-corrected chi connectivity index (χ0v) is 44.0. The van der Waals surface area contributed by atoms with Crippen molar-refractivity contribution >= 4 is 87.6 Å². The Balaban J connectivity index is 1.03. The molecule has 382 valence electrons. The van der Waals surface area contributed by atoms with Gasteiger partial charge in [0, 0.05) is 65.5 Å². The maximum absolute atomic E-state index is 6.95. The molecule has 6 heteroatoms. The van der Waals surface area contributed by atoms with Gasteiger partial charge in [-0.1, -0.05) is 194 Å². The van der Waals surface area contributed by atoms with Crippen LogP contribution < -0.4 is 0 Å². The van der Waals surface area contributed by atoms with Crippen molar-refractivity contribution in [1.29, 1.82) is 0 Å². The van der Waals surface area contributed by atoms with Gasteiger partial charge in [-0.2, -0.15) is 0 Å². The Morgan fingerprint density at radius 3 is 1.29 bits per heavy atom. The first-order valence-electron chi connectivity index (χ1n) is 27.7. The Labute approximate surface area is 470 Å². The monoisotopic (exact) mass is 1050 g/mol. The van der Waals surface area contributed by atoms with Crippen LogP contribution in [-0.2, 0) is 0 Å². The second-order valence-electron chi connectivity index (χ2n) is 21.1. The average molecular weight is 1050 g/mol. The van der Waals surface area contributed by atoms with Gasteiger partial charge >= 0.3 is 0 Å². The van der Waals surface area contributed by atoms with Crippen LogP contribution in [0, 0.1) is 0 Å². The van der Waals surface area contributed by atoms with Gasteiger partial charge in [0.05, 0.1) is 33.5 Å². The van der Waals surface area contributed by atoms with Crippen LogP contribution in [0.25, 0.3) is 172 Å². The number of benzene rings is 12. The first-order valence-corrected chi connectivity index (χ1v) is 27.7. The van der Waals surface area contributed by atoms with Gasteiger partial charge in [0.2, 0.25) is 0 Å². The lowest BCUT2D eigenvalue weighted by Gasteiger charge is -2.24. The van der Waals surface area contributed by atoms with Gasteiger partial charge < -0.3 is 17.8 Å². The number of nitrogens with zero attached hydrogens (tertiary/aromatic N) is 3. The minimum atomic E-state index is 0.642. The van der Waals surface area contributed by atoms with Gasteiger partial charge in [-0.15, -0.1) is 0 Å². The fourth-order valence-electron chi connectivity index (χ4n) is 12.7. The molecule has 17 aromatic rings. The van der Waals surface area contributed by atoms with E-state index in [4.69, 9.17) is 23.2 Å². The third-order valence-electron chi connectivity index (χ3n) is 16.4. The number of aromatic nitrogens is 3. The van der Waals surface area contributed by atoms with Crippen LogP contribution in [0.5, 0.6) is 0 Å². The summed E-state index contributed by atoms with van der Waals surface area (Å²) in [7, 11) is 0. The van der Waals surface area contributed by atoms with Crippen LogP contribution in [0.2, 0.25) is 0 Å². The Morgan fingerprint density at radius 2 is 0.707 bits per heavy atom. The topological polar surface area (TPSA) is 70.1 Å². The zero-order chi connectivity index (χ0) is 53.8. The van der Waals surface area contributed by atoms with Crippen molar-refractivity contribution in [1.82, 2.24) is 14.5 Å². The molecule has 0 aliphatic heterocycles. The standard InChI is InChI=1S/C76H45N3O3/c1-3-19-46(20-4-1)64-45-65(78-76(77-64)47-21-5-2-6-22-47)50-43-62(53-25-9-7-23-51(53)48-35-39-71-60(41-48)56-28-13-16-32-68(56)80-71)74(79-66-31-15-11-30-59(66)73-67(79)38-37-58-55-27-12-18-34-70(55)82-75(58)73)63(44-50)54-26-10-8-24-52(54)49-36-40-72-61(42-49)57-29-14-17-33-69(57)81-72/h1-45H. The molecule has 6 nitrogen and oxygen atoms in total. The van der Waals surface area contributed by atoms with Gasteiger partial charge in [0.25, 0.3) is 0 Å².